The number of anilines is 1. The maximum Gasteiger partial charge on any atom is 0.251 e. The van der Waals surface area contributed by atoms with E-state index in [1.807, 2.05) is 25.3 Å². The van der Waals surface area contributed by atoms with Gasteiger partial charge in [-0.15, -0.1) is 21.5 Å². The Kier molecular flexibility index (Phi) is 9.10. The number of hydrogen-bond donors (Lipinski definition) is 2. The molecule has 2 N–H and O–H groups in total. The molecule has 2 heterocycles. The van der Waals surface area contributed by atoms with Gasteiger partial charge in [-0.05, 0) is 57.4 Å². The van der Waals surface area contributed by atoms with E-state index in [0.717, 1.165) is 10.6 Å². The predicted octanol–water partition coefficient (Wildman–Crippen LogP) is 5.27. The third-order valence-corrected chi connectivity index (χ3v) is 7.31. The second-order valence-corrected chi connectivity index (χ2v) is 10.8. The Balaban J connectivity index is 1.72. The van der Waals surface area contributed by atoms with Crippen molar-refractivity contribution in [2.24, 2.45) is 5.92 Å². The summed E-state index contributed by atoms with van der Waals surface area (Å²) < 4.78 is 1.95. The molecule has 0 radical (unpaired) electrons. The summed E-state index contributed by atoms with van der Waals surface area (Å²) in [5, 5.41) is 16.4. The third-order valence-electron chi connectivity index (χ3n) is 5.10. The SMILES string of the molecule is CCn1c(SCC(=O)Nc2nc(C)c(C)s2)nnc1[C@@H](CC(C)C)NC(=O)c1ccc(Cl)cc1. The van der Waals surface area contributed by atoms with Gasteiger partial charge in [0.2, 0.25) is 5.91 Å². The lowest BCUT2D eigenvalue weighted by Crippen LogP contribution is -2.31. The Morgan fingerprint density at radius 1 is 1.18 bits per heavy atom. The van der Waals surface area contributed by atoms with Crippen molar-refractivity contribution < 1.29 is 9.59 Å². The summed E-state index contributed by atoms with van der Waals surface area (Å²) >= 11 is 8.72. The summed E-state index contributed by atoms with van der Waals surface area (Å²) in [5.41, 5.74) is 1.44. The van der Waals surface area contributed by atoms with Crippen LogP contribution in [0.3, 0.4) is 0 Å². The highest BCUT2D eigenvalue weighted by Crippen LogP contribution is 2.26. The second kappa shape index (κ2) is 11.8. The molecule has 2 aromatic heterocycles. The lowest BCUT2D eigenvalue weighted by molar-refractivity contribution is -0.113. The van der Waals surface area contributed by atoms with Crippen molar-refractivity contribution in [3.8, 4) is 0 Å². The number of benzene rings is 1. The highest BCUT2D eigenvalue weighted by atomic mass is 35.5. The van der Waals surface area contributed by atoms with Crippen molar-refractivity contribution in [1.82, 2.24) is 25.1 Å². The summed E-state index contributed by atoms with van der Waals surface area (Å²) in [6, 6.07) is 6.45. The Labute approximate surface area is 212 Å². The number of nitrogens with zero attached hydrogens (tertiary/aromatic N) is 4. The van der Waals surface area contributed by atoms with Crippen LogP contribution in [-0.2, 0) is 11.3 Å². The molecule has 0 spiro atoms. The number of thioether (sulfide) groups is 1. The van der Waals surface area contributed by atoms with Crippen molar-refractivity contribution >= 4 is 51.6 Å². The molecular formula is C23H29ClN6O2S2. The molecule has 34 heavy (non-hydrogen) atoms. The van der Waals surface area contributed by atoms with E-state index in [2.05, 4.69) is 39.7 Å². The number of halogens is 1. The maximum absolute atomic E-state index is 12.9. The van der Waals surface area contributed by atoms with Crippen LogP contribution in [0.4, 0.5) is 5.13 Å². The van der Waals surface area contributed by atoms with Crippen LogP contribution in [-0.4, -0.2) is 37.3 Å². The number of amides is 2. The molecule has 2 amide bonds. The number of aryl methyl sites for hydroxylation is 2. The first-order valence-electron chi connectivity index (χ1n) is 11.0. The average Bonchev–Trinajstić information content (AvgIpc) is 3.33. The second-order valence-electron chi connectivity index (χ2n) is 8.24. The topological polar surface area (TPSA) is 102 Å². The number of carbonyl (C=O) groups excluding carboxylic acids is 2. The van der Waals surface area contributed by atoms with Gasteiger partial charge in [0.15, 0.2) is 16.1 Å². The van der Waals surface area contributed by atoms with Crippen molar-refractivity contribution in [2.45, 2.75) is 58.8 Å². The highest BCUT2D eigenvalue weighted by Gasteiger charge is 2.24. The van der Waals surface area contributed by atoms with E-state index in [-0.39, 0.29) is 23.6 Å². The fraction of sp³-hybridized carbons (Fsp3) is 0.435. The normalized spacial score (nSPS) is 12.1. The quantitative estimate of drug-likeness (QED) is 0.353. The Hall–Kier alpha value is -2.43. The summed E-state index contributed by atoms with van der Waals surface area (Å²) in [6.45, 7) is 10.7. The third kappa shape index (κ3) is 6.80. The lowest BCUT2D eigenvalue weighted by Gasteiger charge is -2.21. The predicted molar refractivity (Wildman–Crippen MR) is 138 cm³/mol. The maximum atomic E-state index is 12.9. The molecule has 0 aliphatic heterocycles. The van der Waals surface area contributed by atoms with Gasteiger partial charge >= 0.3 is 0 Å². The molecule has 0 saturated carbocycles. The van der Waals surface area contributed by atoms with Gasteiger partial charge in [0.25, 0.3) is 5.91 Å². The van der Waals surface area contributed by atoms with Gasteiger partial charge in [-0.1, -0.05) is 37.2 Å². The van der Waals surface area contributed by atoms with E-state index in [1.54, 1.807) is 24.3 Å². The van der Waals surface area contributed by atoms with Crippen LogP contribution in [0.1, 0.15) is 60.0 Å². The molecule has 11 heteroatoms. The van der Waals surface area contributed by atoms with E-state index in [1.165, 1.54) is 23.1 Å². The molecular weight excluding hydrogens is 492 g/mol. The minimum absolute atomic E-state index is 0.152. The molecule has 3 aromatic rings. The molecule has 0 aliphatic rings. The van der Waals surface area contributed by atoms with Crippen molar-refractivity contribution in [2.75, 3.05) is 11.1 Å². The van der Waals surface area contributed by atoms with Gasteiger partial charge in [0, 0.05) is 22.0 Å². The van der Waals surface area contributed by atoms with E-state index in [9.17, 15) is 9.59 Å². The van der Waals surface area contributed by atoms with E-state index >= 15 is 0 Å². The number of nitrogens with one attached hydrogen (secondary N) is 2. The van der Waals surface area contributed by atoms with Gasteiger partial charge < -0.3 is 15.2 Å². The van der Waals surface area contributed by atoms with E-state index in [0.29, 0.717) is 45.6 Å². The number of thiazole rings is 1. The summed E-state index contributed by atoms with van der Waals surface area (Å²) in [4.78, 5) is 30.7. The molecule has 0 saturated heterocycles. The molecule has 0 unspecified atom stereocenters. The van der Waals surface area contributed by atoms with Crippen LogP contribution in [0.2, 0.25) is 5.02 Å². The largest absolute Gasteiger partial charge is 0.342 e. The van der Waals surface area contributed by atoms with Gasteiger partial charge in [0.1, 0.15) is 0 Å². The molecule has 0 fully saturated rings. The minimum Gasteiger partial charge on any atom is -0.342 e. The van der Waals surface area contributed by atoms with Gasteiger partial charge in [-0.2, -0.15) is 0 Å². The van der Waals surface area contributed by atoms with Gasteiger partial charge in [-0.3, -0.25) is 9.59 Å². The number of carbonyl (C=O) groups is 2. The first-order valence-corrected chi connectivity index (χ1v) is 13.2. The summed E-state index contributed by atoms with van der Waals surface area (Å²) in [5.74, 6) is 0.829. The summed E-state index contributed by atoms with van der Waals surface area (Å²) in [6.07, 6.45) is 0.700. The fourth-order valence-corrected chi connectivity index (χ4v) is 5.08. The monoisotopic (exact) mass is 520 g/mol. The van der Waals surface area contributed by atoms with Crippen LogP contribution < -0.4 is 10.6 Å². The average molecular weight is 521 g/mol. The van der Waals surface area contributed by atoms with Crippen LogP contribution in [0.15, 0.2) is 29.4 Å². The van der Waals surface area contributed by atoms with Gasteiger partial charge in [-0.25, -0.2) is 4.98 Å². The van der Waals surface area contributed by atoms with Crippen molar-refractivity contribution in [3.05, 3.63) is 51.2 Å². The molecule has 8 nitrogen and oxygen atoms in total. The Bertz CT molecular complexity index is 1120. The molecule has 1 atom stereocenters. The molecule has 3 rings (SSSR count). The van der Waals surface area contributed by atoms with E-state index in [4.69, 9.17) is 11.6 Å². The smallest absolute Gasteiger partial charge is 0.251 e. The Morgan fingerprint density at radius 3 is 2.47 bits per heavy atom. The first-order chi connectivity index (χ1) is 16.2. The van der Waals surface area contributed by atoms with Crippen LogP contribution >= 0.6 is 34.7 Å². The minimum atomic E-state index is -0.319. The van der Waals surface area contributed by atoms with Crippen molar-refractivity contribution in [3.63, 3.8) is 0 Å². The number of hydrogen-bond acceptors (Lipinski definition) is 7. The zero-order chi connectivity index (χ0) is 24.8. The highest BCUT2D eigenvalue weighted by molar-refractivity contribution is 7.99. The number of rotatable bonds is 10. The lowest BCUT2D eigenvalue weighted by atomic mass is 10.0. The van der Waals surface area contributed by atoms with Gasteiger partial charge in [0.05, 0.1) is 17.5 Å². The van der Waals surface area contributed by atoms with Crippen molar-refractivity contribution in [1.29, 1.82) is 0 Å². The Morgan fingerprint density at radius 2 is 1.88 bits per heavy atom. The molecule has 0 aliphatic carbocycles. The zero-order valence-electron chi connectivity index (χ0n) is 19.9. The fourth-order valence-electron chi connectivity index (χ4n) is 3.32. The molecule has 182 valence electrons. The summed E-state index contributed by atoms with van der Waals surface area (Å²) in [7, 11) is 0. The van der Waals surface area contributed by atoms with Crippen LogP contribution in [0, 0.1) is 19.8 Å². The first kappa shape index (κ1) is 26.2. The standard InChI is InChI=1S/C23H29ClN6O2S2/c1-6-30-20(18(11-13(2)3)26-21(32)16-7-9-17(24)10-8-16)28-29-23(30)33-12-19(31)27-22-25-14(4)15(5)34-22/h7-10,13,18H,6,11-12H2,1-5H3,(H,26,32)(H,25,27,31)/t18-/m1/s1. The molecule has 1 aromatic carbocycles. The molecule has 0 bridgehead atoms. The zero-order valence-corrected chi connectivity index (χ0v) is 22.3. The van der Waals surface area contributed by atoms with Crippen LogP contribution in [0.25, 0.3) is 0 Å². The van der Waals surface area contributed by atoms with E-state index < -0.39 is 0 Å². The van der Waals surface area contributed by atoms with Crippen LogP contribution in [0.5, 0.6) is 0 Å². The number of aromatic nitrogens is 4.